The van der Waals surface area contributed by atoms with Gasteiger partial charge in [0, 0.05) is 44.2 Å². The third-order valence-electron chi connectivity index (χ3n) is 4.87. The Morgan fingerprint density at radius 1 is 1.17 bits per heavy atom. The molecular weight excluding hydrogens is 300 g/mol. The van der Waals surface area contributed by atoms with Gasteiger partial charge in [0.2, 0.25) is 5.91 Å². The number of hydrogen-bond acceptors (Lipinski definition) is 2. The molecule has 2 heterocycles. The van der Waals surface area contributed by atoms with Gasteiger partial charge in [0.25, 0.3) is 5.56 Å². The lowest BCUT2D eigenvalue weighted by molar-refractivity contribution is -0.132. The SMILES string of the molecule is Cc1ccccc1[C@@H]1CCCN(C(=O)CCn2ccccc2=O)C1. The van der Waals surface area contributed by atoms with Crippen molar-refractivity contribution in [3.05, 3.63) is 70.1 Å². The third-order valence-corrected chi connectivity index (χ3v) is 4.87. The second-order valence-corrected chi connectivity index (χ2v) is 6.52. The van der Waals surface area contributed by atoms with E-state index in [1.807, 2.05) is 11.0 Å². The molecule has 1 atom stereocenters. The smallest absolute Gasteiger partial charge is 0.250 e. The van der Waals surface area contributed by atoms with Crippen LogP contribution >= 0.6 is 0 Å². The monoisotopic (exact) mass is 324 g/mol. The Balaban J connectivity index is 1.62. The molecule has 2 aromatic rings. The van der Waals surface area contributed by atoms with Crippen LogP contribution in [-0.4, -0.2) is 28.5 Å². The van der Waals surface area contributed by atoms with E-state index in [2.05, 4.69) is 31.2 Å². The molecule has 126 valence electrons. The molecule has 1 saturated heterocycles. The maximum absolute atomic E-state index is 12.6. The average molecular weight is 324 g/mol. The van der Waals surface area contributed by atoms with Crippen LogP contribution in [0.1, 0.15) is 36.3 Å². The van der Waals surface area contributed by atoms with E-state index in [1.165, 1.54) is 17.2 Å². The summed E-state index contributed by atoms with van der Waals surface area (Å²) in [6.45, 7) is 4.19. The van der Waals surface area contributed by atoms with Gasteiger partial charge in [0.1, 0.15) is 0 Å². The Kier molecular flexibility index (Phi) is 5.14. The fraction of sp³-hybridized carbons (Fsp3) is 0.400. The van der Waals surface area contributed by atoms with Gasteiger partial charge in [0.05, 0.1) is 0 Å². The first kappa shape index (κ1) is 16.5. The standard InChI is InChI=1S/C20H24N2O2/c1-16-7-2-3-9-18(16)17-8-6-13-22(15-17)20(24)11-14-21-12-5-4-10-19(21)23/h2-5,7,9-10,12,17H,6,8,11,13-15H2,1H3/t17-/m1/s1. The molecule has 4 heteroatoms. The van der Waals surface area contributed by atoms with Crippen LogP contribution in [0.4, 0.5) is 0 Å². The summed E-state index contributed by atoms with van der Waals surface area (Å²) >= 11 is 0. The molecule has 1 aromatic heterocycles. The van der Waals surface area contributed by atoms with E-state index in [4.69, 9.17) is 0 Å². The van der Waals surface area contributed by atoms with E-state index in [0.29, 0.717) is 18.9 Å². The molecule has 1 amide bonds. The van der Waals surface area contributed by atoms with Crippen molar-refractivity contribution < 1.29 is 4.79 Å². The van der Waals surface area contributed by atoms with Crippen LogP contribution in [0.3, 0.4) is 0 Å². The highest BCUT2D eigenvalue weighted by atomic mass is 16.2. The van der Waals surface area contributed by atoms with Gasteiger partial charge in [-0.3, -0.25) is 9.59 Å². The minimum atomic E-state index is -0.0540. The van der Waals surface area contributed by atoms with E-state index in [9.17, 15) is 9.59 Å². The molecule has 0 spiro atoms. The van der Waals surface area contributed by atoms with Gasteiger partial charge in [-0.2, -0.15) is 0 Å². The molecule has 0 saturated carbocycles. The van der Waals surface area contributed by atoms with Crippen LogP contribution < -0.4 is 5.56 Å². The zero-order valence-corrected chi connectivity index (χ0v) is 14.1. The number of hydrogen-bond donors (Lipinski definition) is 0. The van der Waals surface area contributed by atoms with Gasteiger partial charge in [-0.05, 0) is 37.0 Å². The minimum Gasteiger partial charge on any atom is -0.342 e. The summed E-state index contributed by atoms with van der Waals surface area (Å²) in [7, 11) is 0. The fourth-order valence-electron chi connectivity index (χ4n) is 3.52. The number of aromatic nitrogens is 1. The molecule has 0 radical (unpaired) electrons. The predicted molar refractivity (Wildman–Crippen MR) is 95.1 cm³/mol. The number of aryl methyl sites for hydroxylation is 2. The number of likely N-dealkylation sites (tertiary alicyclic amines) is 1. The average Bonchev–Trinajstić information content (AvgIpc) is 2.61. The van der Waals surface area contributed by atoms with Crippen molar-refractivity contribution in [1.29, 1.82) is 0 Å². The summed E-state index contributed by atoms with van der Waals surface area (Å²) < 4.78 is 1.60. The van der Waals surface area contributed by atoms with Crippen molar-refractivity contribution in [3.63, 3.8) is 0 Å². The molecule has 1 aliphatic rings. The summed E-state index contributed by atoms with van der Waals surface area (Å²) in [5.41, 5.74) is 2.60. The van der Waals surface area contributed by atoms with Crippen LogP contribution in [0.25, 0.3) is 0 Å². The van der Waals surface area contributed by atoms with Crippen molar-refractivity contribution >= 4 is 5.91 Å². The van der Waals surface area contributed by atoms with E-state index in [1.54, 1.807) is 16.8 Å². The van der Waals surface area contributed by atoms with Crippen LogP contribution in [0.2, 0.25) is 0 Å². The number of pyridine rings is 1. The van der Waals surface area contributed by atoms with Gasteiger partial charge in [-0.15, -0.1) is 0 Å². The van der Waals surface area contributed by atoms with E-state index in [-0.39, 0.29) is 11.5 Å². The van der Waals surface area contributed by atoms with E-state index < -0.39 is 0 Å². The molecule has 0 bridgehead atoms. The van der Waals surface area contributed by atoms with E-state index >= 15 is 0 Å². The number of rotatable bonds is 4. The maximum atomic E-state index is 12.6. The summed E-state index contributed by atoms with van der Waals surface area (Å²) in [5, 5.41) is 0. The lowest BCUT2D eigenvalue weighted by Gasteiger charge is -2.34. The molecule has 0 unspecified atom stereocenters. The topological polar surface area (TPSA) is 42.3 Å². The van der Waals surface area contributed by atoms with Crippen LogP contribution in [-0.2, 0) is 11.3 Å². The first-order valence-electron chi connectivity index (χ1n) is 8.64. The highest BCUT2D eigenvalue weighted by Gasteiger charge is 2.25. The highest BCUT2D eigenvalue weighted by molar-refractivity contribution is 5.76. The summed E-state index contributed by atoms with van der Waals surface area (Å²) in [6, 6.07) is 13.5. The lowest BCUT2D eigenvalue weighted by atomic mass is 9.88. The maximum Gasteiger partial charge on any atom is 0.250 e. The minimum absolute atomic E-state index is 0.0540. The van der Waals surface area contributed by atoms with Gasteiger partial charge in [0.15, 0.2) is 0 Å². The quantitative estimate of drug-likeness (QED) is 0.868. The summed E-state index contributed by atoms with van der Waals surface area (Å²) in [4.78, 5) is 26.2. The molecule has 1 fully saturated rings. The number of amides is 1. The second kappa shape index (κ2) is 7.47. The highest BCUT2D eigenvalue weighted by Crippen LogP contribution is 2.29. The fourth-order valence-corrected chi connectivity index (χ4v) is 3.52. The zero-order chi connectivity index (χ0) is 16.9. The molecular formula is C20H24N2O2. The van der Waals surface area contributed by atoms with Crippen LogP contribution in [0, 0.1) is 6.92 Å². The van der Waals surface area contributed by atoms with E-state index in [0.717, 1.165) is 25.9 Å². The van der Waals surface area contributed by atoms with Crippen molar-refractivity contribution in [1.82, 2.24) is 9.47 Å². The normalized spacial score (nSPS) is 17.7. The Labute approximate surface area is 142 Å². The number of carbonyl (C=O) groups excluding carboxylic acids is 1. The van der Waals surface area contributed by atoms with Crippen molar-refractivity contribution in [3.8, 4) is 0 Å². The molecule has 0 aliphatic carbocycles. The largest absolute Gasteiger partial charge is 0.342 e. The first-order valence-corrected chi connectivity index (χ1v) is 8.64. The third kappa shape index (κ3) is 3.75. The summed E-state index contributed by atoms with van der Waals surface area (Å²) in [5.74, 6) is 0.562. The molecule has 1 aliphatic heterocycles. The lowest BCUT2D eigenvalue weighted by Crippen LogP contribution is -2.39. The zero-order valence-electron chi connectivity index (χ0n) is 14.1. The number of nitrogens with zero attached hydrogens (tertiary/aromatic N) is 2. The number of carbonyl (C=O) groups is 1. The van der Waals surface area contributed by atoms with Crippen molar-refractivity contribution in [2.45, 2.75) is 38.6 Å². The van der Waals surface area contributed by atoms with Gasteiger partial charge in [-0.1, -0.05) is 30.3 Å². The van der Waals surface area contributed by atoms with Crippen LogP contribution in [0.15, 0.2) is 53.5 Å². The molecule has 4 nitrogen and oxygen atoms in total. The number of benzene rings is 1. The van der Waals surface area contributed by atoms with Gasteiger partial charge >= 0.3 is 0 Å². The van der Waals surface area contributed by atoms with Crippen LogP contribution in [0.5, 0.6) is 0 Å². The number of piperidine rings is 1. The van der Waals surface area contributed by atoms with Gasteiger partial charge in [-0.25, -0.2) is 0 Å². The predicted octanol–water partition coefficient (Wildman–Crippen LogP) is 2.95. The second-order valence-electron chi connectivity index (χ2n) is 6.52. The molecule has 24 heavy (non-hydrogen) atoms. The van der Waals surface area contributed by atoms with Crippen molar-refractivity contribution in [2.75, 3.05) is 13.1 Å². The molecule has 0 N–H and O–H groups in total. The van der Waals surface area contributed by atoms with Crippen molar-refractivity contribution in [2.24, 2.45) is 0 Å². The first-order chi connectivity index (χ1) is 11.6. The molecule has 1 aromatic carbocycles. The Morgan fingerprint density at radius 2 is 1.96 bits per heavy atom. The van der Waals surface area contributed by atoms with Gasteiger partial charge < -0.3 is 9.47 Å². The Morgan fingerprint density at radius 3 is 2.75 bits per heavy atom. The molecule has 3 rings (SSSR count). The summed E-state index contributed by atoms with van der Waals surface area (Å²) in [6.07, 6.45) is 4.29. The Hall–Kier alpha value is -2.36. The Bertz CT molecular complexity index is 766.